The standard InChI is InChI=1S/C6H13Cl3OSi/c1-5(2)4-6(3)10-11(7,8)9/h5-6H,4H2,1-3H3. The van der Waals surface area contributed by atoms with Gasteiger partial charge >= 0.3 is 6.25 Å². The van der Waals surface area contributed by atoms with Crippen LogP contribution in [0.25, 0.3) is 0 Å². The molecule has 0 saturated heterocycles. The molecule has 0 spiro atoms. The minimum atomic E-state index is -2.87. The second kappa shape index (κ2) is 4.93. The fourth-order valence-corrected chi connectivity index (χ4v) is 2.86. The fraction of sp³-hybridized carbons (Fsp3) is 1.00. The van der Waals surface area contributed by atoms with Crippen LogP contribution in [0, 0.1) is 5.92 Å². The Morgan fingerprint density at radius 3 is 1.91 bits per heavy atom. The van der Waals surface area contributed by atoms with Crippen molar-refractivity contribution in [2.45, 2.75) is 33.3 Å². The Morgan fingerprint density at radius 1 is 1.18 bits per heavy atom. The van der Waals surface area contributed by atoms with Crippen LogP contribution in [0.3, 0.4) is 0 Å². The summed E-state index contributed by atoms with van der Waals surface area (Å²) in [5.41, 5.74) is 0. The van der Waals surface area contributed by atoms with E-state index in [2.05, 4.69) is 13.8 Å². The third kappa shape index (κ3) is 8.96. The summed E-state index contributed by atoms with van der Waals surface area (Å²) in [6.07, 6.45) is -1.89. The topological polar surface area (TPSA) is 9.23 Å². The van der Waals surface area contributed by atoms with Gasteiger partial charge in [-0.15, -0.1) is 0 Å². The van der Waals surface area contributed by atoms with Crippen LogP contribution in [0.5, 0.6) is 0 Å². The van der Waals surface area contributed by atoms with Gasteiger partial charge in [-0.3, -0.25) is 0 Å². The minimum Gasteiger partial charge on any atom is -0.378 e. The molecule has 0 aromatic rings. The molecule has 0 bridgehead atoms. The Labute approximate surface area is 83.2 Å². The molecule has 1 atom stereocenters. The summed E-state index contributed by atoms with van der Waals surface area (Å²) >= 11 is 16.7. The van der Waals surface area contributed by atoms with Gasteiger partial charge in [-0.25, -0.2) is 0 Å². The van der Waals surface area contributed by atoms with Crippen LogP contribution in [-0.4, -0.2) is 12.4 Å². The van der Waals surface area contributed by atoms with Gasteiger partial charge in [-0.2, -0.15) is 0 Å². The summed E-state index contributed by atoms with van der Waals surface area (Å²) < 4.78 is 5.18. The maximum atomic E-state index is 5.56. The van der Waals surface area contributed by atoms with E-state index in [1.165, 1.54) is 0 Å². The molecule has 0 aromatic heterocycles. The molecular weight excluding hydrogens is 223 g/mol. The molecule has 0 radical (unpaired) electrons. The van der Waals surface area contributed by atoms with E-state index in [4.69, 9.17) is 37.7 Å². The summed E-state index contributed by atoms with van der Waals surface area (Å²) in [5, 5.41) is 0. The van der Waals surface area contributed by atoms with Gasteiger partial charge in [0.05, 0.1) is 0 Å². The first kappa shape index (κ1) is 12.0. The van der Waals surface area contributed by atoms with Crippen LogP contribution in [0.1, 0.15) is 27.2 Å². The lowest BCUT2D eigenvalue weighted by Crippen LogP contribution is -2.24. The van der Waals surface area contributed by atoms with Crippen molar-refractivity contribution in [3.8, 4) is 0 Å². The Kier molecular flexibility index (Phi) is 5.39. The maximum Gasteiger partial charge on any atom is 0.494 e. The molecule has 0 fully saturated rings. The smallest absolute Gasteiger partial charge is 0.378 e. The minimum absolute atomic E-state index is 0.0502. The zero-order valence-electron chi connectivity index (χ0n) is 6.90. The average Bonchev–Trinajstić information content (AvgIpc) is 1.53. The van der Waals surface area contributed by atoms with E-state index < -0.39 is 6.25 Å². The SMILES string of the molecule is CC(C)CC(C)O[Si](Cl)(Cl)Cl. The predicted octanol–water partition coefficient (Wildman–Crippen LogP) is 3.59. The molecule has 0 heterocycles. The highest BCUT2D eigenvalue weighted by Crippen LogP contribution is 2.24. The number of halogens is 3. The van der Waals surface area contributed by atoms with Gasteiger partial charge in [0.15, 0.2) is 0 Å². The van der Waals surface area contributed by atoms with Crippen LogP contribution >= 0.6 is 33.2 Å². The summed E-state index contributed by atoms with van der Waals surface area (Å²) in [4.78, 5) is 0. The summed E-state index contributed by atoms with van der Waals surface area (Å²) in [6.45, 7) is 6.15. The molecule has 0 saturated carbocycles. The van der Waals surface area contributed by atoms with E-state index in [0.717, 1.165) is 6.42 Å². The van der Waals surface area contributed by atoms with Crippen LogP contribution in [0.15, 0.2) is 0 Å². The second-order valence-corrected chi connectivity index (χ2v) is 10.7. The van der Waals surface area contributed by atoms with Gasteiger partial charge in [-0.05, 0) is 19.3 Å². The van der Waals surface area contributed by atoms with Crippen molar-refractivity contribution >= 4 is 39.5 Å². The summed E-state index contributed by atoms with van der Waals surface area (Å²) in [6, 6.07) is 0. The maximum absolute atomic E-state index is 5.56. The molecule has 1 unspecified atom stereocenters. The van der Waals surface area contributed by atoms with E-state index in [1.807, 2.05) is 6.92 Å². The van der Waals surface area contributed by atoms with Gasteiger partial charge in [0.1, 0.15) is 0 Å². The van der Waals surface area contributed by atoms with Crippen LogP contribution in [0.2, 0.25) is 0 Å². The van der Waals surface area contributed by atoms with Crippen LogP contribution < -0.4 is 0 Å². The summed E-state index contributed by atoms with van der Waals surface area (Å²) in [5.74, 6) is 0.575. The third-order valence-corrected chi connectivity index (χ3v) is 2.61. The van der Waals surface area contributed by atoms with Crippen LogP contribution in [0.4, 0.5) is 0 Å². The molecule has 0 aliphatic carbocycles. The highest BCUT2D eigenvalue weighted by atomic mass is 35.8. The van der Waals surface area contributed by atoms with Crippen molar-refractivity contribution in [3.05, 3.63) is 0 Å². The molecule has 0 aliphatic rings. The van der Waals surface area contributed by atoms with E-state index >= 15 is 0 Å². The molecule has 0 rings (SSSR count). The normalized spacial score (nSPS) is 15.5. The second-order valence-electron chi connectivity index (χ2n) is 3.00. The molecular formula is C6H13Cl3OSi. The fourth-order valence-electron chi connectivity index (χ4n) is 0.940. The predicted molar refractivity (Wildman–Crippen MR) is 53.3 cm³/mol. The first-order valence-corrected chi connectivity index (χ1v) is 8.50. The Hall–Kier alpha value is 1.05. The Bertz CT molecular complexity index is 113. The van der Waals surface area contributed by atoms with Crippen molar-refractivity contribution < 1.29 is 4.43 Å². The van der Waals surface area contributed by atoms with Crippen molar-refractivity contribution in [3.63, 3.8) is 0 Å². The zero-order chi connectivity index (χ0) is 9.07. The lowest BCUT2D eigenvalue weighted by molar-refractivity contribution is 0.202. The van der Waals surface area contributed by atoms with E-state index in [9.17, 15) is 0 Å². The van der Waals surface area contributed by atoms with E-state index in [1.54, 1.807) is 0 Å². The van der Waals surface area contributed by atoms with Crippen molar-refractivity contribution in [2.75, 3.05) is 0 Å². The highest BCUT2D eigenvalue weighted by molar-refractivity contribution is 7.62. The van der Waals surface area contributed by atoms with Crippen LogP contribution in [-0.2, 0) is 4.43 Å². The number of rotatable bonds is 4. The molecule has 0 aliphatic heterocycles. The quantitative estimate of drug-likeness (QED) is 0.535. The lowest BCUT2D eigenvalue weighted by Gasteiger charge is -2.18. The molecule has 0 aromatic carbocycles. The van der Waals surface area contributed by atoms with Crippen molar-refractivity contribution in [2.24, 2.45) is 5.92 Å². The third-order valence-electron chi connectivity index (χ3n) is 1.14. The van der Waals surface area contributed by atoms with Gasteiger partial charge < -0.3 is 4.43 Å². The van der Waals surface area contributed by atoms with E-state index in [-0.39, 0.29) is 6.10 Å². The van der Waals surface area contributed by atoms with Crippen molar-refractivity contribution in [1.82, 2.24) is 0 Å². The number of hydrogen-bond donors (Lipinski definition) is 0. The molecule has 0 N–H and O–H groups in total. The Balaban J connectivity index is 3.61. The molecule has 1 nitrogen and oxygen atoms in total. The first-order valence-electron chi connectivity index (χ1n) is 3.56. The van der Waals surface area contributed by atoms with Gasteiger partial charge in [0.25, 0.3) is 0 Å². The molecule has 68 valence electrons. The summed E-state index contributed by atoms with van der Waals surface area (Å²) in [7, 11) is 0. The average molecular weight is 236 g/mol. The van der Waals surface area contributed by atoms with Gasteiger partial charge in [0.2, 0.25) is 0 Å². The Morgan fingerprint density at radius 2 is 1.64 bits per heavy atom. The highest BCUT2D eigenvalue weighted by Gasteiger charge is 2.30. The van der Waals surface area contributed by atoms with Gasteiger partial charge in [-0.1, -0.05) is 47.1 Å². The lowest BCUT2D eigenvalue weighted by atomic mass is 10.1. The van der Waals surface area contributed by atoms with Crippen molar-refractivity contribution in [1.29, 1.82) is 0 Å². The zero-order valence-corrected chi connectivity index (χ0v) is 10.2. The number of hydrogen-bond acceptors (Lipinski definition) is 1. The molecule has 5 heteroatoms. The molecule has 11 heavy (non-hydrogen) atoms. The monoisotopic (exact) mass is 234 g/mol. The van der Waals surface area contributed by atoms with E-state index in [0.29, 0.717) is 5.92 Å². The molecule has 0 amide bonds. The first-order chi connectivity index (χ1) is 4.81. The van der Waals surface area contributed by atoms with Gasteiger partial charge in [0, 0.05) is 6.10 Å². The largest absolute Gasteiger partial charge is 0.494 e.